The van der Waals surface area contributed by atoms with E-state index in [1.165, 1.54) is 0 Å². The molecule has 1 rings (SSSR count). The highest BCUT2D eigenvalue weighted by atomic mass is 32.2. The van der Waals surface area contributed by atoms with Gasteiger partial charge < -0.3 is 11.1 Å². The molecule has 17 heavy (non-hydrogen) atoms. The van der Waals surface area contributed by atoms with Crippen LogP contribution in [0.5, 0.6) is 0 Å². The van der Waals surface area contributed by atoms with Crippen molar-refractivity contribution in [3.63, 3.8) is 0 Å². The molecule has 0 bridgehead atoms. The maximum atomic E-state index is 11.7. The molecule has 0 spiro atoms. The summed E-state index contributed by atoms with van der Waals surface area (Å²) in [5, 5.41) is 2.92. The second kappa shape index (κ2) is 8.14. The summed E-state index contributed by atoms with van der Waals surface area (Å²) in [6, 6.07) is 7.82. The van der Waals surface area contributed by atoms with E-state index in [0.29, 0.717) is 13.0 Å². The monoisotopic (exact) mass is 252 g/mol. The molecule has 0 atom stereocenters. The van der Waals surface area contributed by atoms with Gasteiger partial charge in [-0.1, -0.05) is 24.3 Å². The first-order chi connectivity index (χ1) is 8.27. The van der Waals surface area contributed by atoms with Crippen LogP contribution in [-0.4, -0.2) is 24.5 Å². The van der Waals surface area contributed by atoms with E-state index in [2.05, 4.69) is 11.6 Å². The van der Waals surface area contributed by atoms with Gasteiger partial charge in [0.05, 0.1) is 6.42 Å². The fourth-order valence-electron chi connectivity index (χ4n) is 1.61. The normalized spacial score (nSPS) is 10.2. The van der Waals surface area contributed by atoms with Gasteiger partial charge in [0.15, 0.2) is 0 Å². The second-order valence-corrected chi connectivity index (χ2v) is 4.83. The number of nitrogens with one attached hydrogen (secondary N) is 1. The van der Waals surface area contributed by atoms with Crippen molar-refractivity contribution < 1.29 is 4.79 Å². The first kappa shape index (κ1) is 14.1. The lowest BCUT2D eigenvalue weighted by Gasteiger charge is -2.08. The third-order valence-electron chi connectivity index (χ3n) is 2.54. The molecule has 3 nitrogen and oxygen atoms in total. The zero-order valence-electron chi connectivity index (χ0n) is 10.2. The molecule has 0 saturated carbocycles. The Hall–Kier alpha value is -1.00. The Morgan fingerprint density at radius 1 is 1.35 bits per heavy atom. The summed E-state index contributed by atoms with van der Waals surface area (Å²) in [6.45, 7) is 1.24. The van der Waals surface area contributed by atoms with Crippen LogP contribution in [-0.2, 0) is 17.8 Å². The van der Waals surface area contributed by atoms with E-state index in [0.717, 1.165) is 29.8 Å². The third kappa shape index (κ3) is 5.24. The van der Waals surface area contributed by atoms with Gasteiger partial charge in [0, 0.05) is 13.1 Å². The van der Waals surface area contributed by atoms with Crippen LogP contribution in [0.3, 0.4) is 0 Å². The first-order valence-corrected chi connectivity index (χ1v) is 7.19. The number of hydrogen-bond donors (Lipinski definition) is 2. The molecule has 94 valence electrons. The summed E-state index contributed by atoms with van der Waals surface area (Å²) < 4.78 is 0. The van der Waals surface area contributed by atoms with Crippen LogP contribution in [0.25, 0.3) is 0 Å². The van der Waals surface area contributed by atoms with Gasteiger partial charge in [-0.05, 0) is 29.6 Å². The fourth-order valence-corrected chi connectivity index (χ4v) is 2.04. The lowest BCUT2D eigenvalue weighted by atomic mass is 10.0. The van der Waals surface area contributed by atoms with Crippen LogP contribution in [0, 0.1) is 0 Å². The number of nitrogens with two attached hydrogens (primary N) is 1. The molecule has 1 amide bonds. The van der Waals surface area contributed by atoms with Crippen LogP contribution in [0.15, 0.2) is 24.3 Å². The predicted octanol–water partition coefficient (Wildman–Crippen LogP) is 1.56. The quantitative estimate of drug-likeness (QED) is 0.724. The van der Waals surface area contributed by atoms with E-state index in [1.54, 1.807) is 11.8 Å². The maximum Gasteiger partial charge on any atom is 0.224 e. The highest BCUT2D eigenvalue weighted by molar-refractivity contribution is 7.98. The fraction of sp³-hybridized carbons (Fsp3) is 0.462. The predicted molar refractivity (Wildman–Crippen MR) is 74.0 cm³/mol. The van der Waals surface area contributed by atoms with E-state index in [1.807, 2.05) is 24.3 Å². The average Bonchev–Trinajstić information content (AvgIpc) is 2.35. The number of carbonyl (C=O) groups is 1. The van der Waals surface area contributed by atoms with Crippen molar-refractivity contribution in [1.29, 1.82) is 0 Å². The number of amides is 1. The standard InChI is InChI=1S/C13H20N2OS/c1-17-8-4-7-15-13(16)9-11-5-2-3-6-12(11)10-14/h2-3,5-6H,4,7-10,14H2,1H3,(H,15,16). The summed E-state index contributed by atoms with van der Waals surface area (Å²) in [7, 11) is 0. The number of rotatable bonds is 7. The SMILES string of the molecule is CSCCCNC(=O)Cc1ccccc1CN. The molecule has 0 aromatic heterocycles. The van der Waals surface area contributed by atoms with Crippen molar-refractivity contribution >= 4 is 17.7 Å². The Balaban J connectivity index is 2.39. The molecule has 0 aliphatic heterocycles. The molecule has 0 heterocycles. The van der Waals surface area contributed by atoms with Crippen LogP contribution < -0.4 is 11.1 Å². The minimum Gasteiger partial charge on any atom is -0.356 e. The molecule has 0 fully saturated rings. The van der Waals surface area contributed by atoms with E-state index in [4.69, 9.17) is 5.73 Å². The summed E-state index contributed by atoms with van der Waals surface area (Å²) in [4.78, 5) is 11.7. The van der Waals surface area contributed by atoms with Crippen molar-refractivity contribution in [2.45, 2.75) is 19.4 Å². The molecular weight excluding hydrogens is 232 g/mol. The number of thioether (sulfide) groups is 1. The van der Waals surface area contributed by atoms with Crippen LogP contribution in [0.1, 0.15) is 17.5 Å². The molecule has 1 aromatic rings. The number of hydrogen-bond acceptors (Lipinski definition) is 3. The van der Waals surface area contributed by atoms with Crippen molar-refractivity contribution in [1.82, 2.24) is 5.32 Å². The van der Waals surface area contributed by atoms with E-state index >= 15 is 0 Å². The van der Waals surface area contributed by atoms with Crippen molar-refractivity contribution in [2.24, 2.45) is 5.73 Å². The molecule has 0 saturated heterocycles. The molecule has 4 heteroatoms. The highest BCUT2D eigenvalue weighted by Crippen LogP contribution is 2.08. The number of benzene rings is 1. The first-order valence-electron chi connectivity index (χ1n) is 5.80. The largest absolute Gasteiger partial charge is 0.356 e. The van der Waals surface area contributed by atoms with Crippen molar-refractivity contribution in [3.05, 3.63) is 35.4 Å². The van der Waals surface area contributed by atoms with Gasteiger partial charge in [-0.15, -0.1) is 0 Å². The number of carbonyl (C=O) groups excluding carboxylic acids is 1. The van der Waals surface area contributed by atoms with Gasteiger partial charge >= 0.3 is 0 Å². The van der Waals surface area contributed by atoms with Crippen molar-refractivity contribution in [3.8, 4) is 0 Å². The van der Waals surface area contributed by atoms with Gasteiger partial charge in [0.1, 0.15) is 0 Å². The Morgan fingerprint density at radius 3 is 2.71 bits per heavy atom. The molecule has 0 radical (unpaired) electrons. The highest BCUT2D eigenvalue weighted by Gasteiger charge is 2.05. The maximum absolute atomic E-state index is 11.7. The van der Waals surface area contributed by atoms with Gasteiger partial charge in [-0.2, -0.15) is 11.8 Å². The Labute approximate surface area is 107 Å². The average molecular weight is 252 g/mol. The second-order valence-electron chi connectivity index (χ2n) is 3.85. The molecule has 0 unspecified atom stereocenters. The van der Waals surface area contributed by atoms with Crippen LogP contribution in [0.4, 0.5) is 0 Å². The van der Waals surface area contributed by atoms with E-state index in [-0.39, 0.29) is 5.91 Å². The molecular formula is C13H20N2OS. The minimum atomic E-state index is 0.0759. The van der Waals surface area contributed by atoms with Crippen LogP contribution in [0.2, 0.25) is 0 Å². The Kier molecular flexibility index (Phi) is 6.74. The lowest BCUT2D eigenvalue weighted by molar-refractivity contribution is -0.120. The van der Waals surface area contributed by atoms with Crippen LogP contribution >= 0.6 is 11.8 Å². The van der Waals surface area contributed by atoms with Gasteiger partial charge in [-0.25, -0.2) is 0 Å². The topological polar surface area (TPSA) is 55.1 Å². The Morgan fingerprint density at radius 2 is 2.06 bits per heavy atom. The Bertz CT molecular complexity index is 355. The summed E-state index contributed by atoms with van der Waals surface area (Å²) in [5.41, 5.74) is 7.70. The summed E-state index contributed by atoms with van der Waals surface area (Å²) in [6.07, 6.45) is 3.51. The van der Waals surface area contributed by atoms with Gasteiger partial charge in [0.2, 0.25) is 5.91 Å². The van der Waals surface area contributed by atoms with Gasteiger partial charge in [0.25, 0.3) is 0 Å². The van der Waals surface area contributed by atoms with Gasteiger partial charge in [-0.3, -0.25) is 4.79 Å². The zero-order chi connectivity index (χ0) is 12.5. The summed E-state index contributed by atoms with van der Waals surface area (Å²) in [5.74, 6) is 1.16. The molecule has 0 aliphatic rings. The third-order valence-corrected chi connectivity index (χ3v) is 3.23. The molecule has 3 N–H and O–H groups in total. The van der Waals surface area contributed by atoms with E-state index in [9.17, 15) is 4.79 Å². The van der Waals surface area contributed by atoms with Crippen molar-refractivity contribution in [2.75, 3.05) is 18.6 Å². The zero-order valence-corrected chi connectivity index (χ0v) is 11.1. The molecule has 0 aliphatic carbocycles. The minimum absolute atomic E-state index is 0.0759. The summed E-state index contributed by atoms with van der Waals surface area (Å²) >= 11 is 1.80. The van der Waals surface area contributed by atoms with E-state index < -0.39 is 0 Å². The smallest absolute Gasteiger partial charge is 0.224 e. The molecule has 1 aromatic carbocycles. The lowest BCUT2D eigenvalue weighted by Crippen LogP contribution is -2.26.